The minimum atomic E-state index is -4.72. The van der Waals surface area contributed by atoms with Crippen molar-refractivity contribution in [2.75, 3.05) is 6.54 Å². The van der Waals surface area contributed by atoms with E-state index in [0.717, 1.165) is 0 Å². The predicted octanol–water partition coefficient (Wildman–Crippen LogP) is 3.72. The Morgan fingerprint density at radius 3 is 2.27 bits per heavy atom. The maximum absolute atomic E-state index is 13.7. The smallest absolute Gasteiger partial charge is 0.364 e. The van der Waals surface area contributed by atoms with Crippen LogP contribution in [0.5, 0.6) is 0 Å². The van der Waals surface area contributed by atoms with Crippen molar-refractivity contribution in [3.8, 4) is 0 Å². The van der Waals surface area contributed by atoms with E-state index in [2.05, 4.69) is 4.98 Å². The lowest BCUT2D eigenvalue weighted by Gasteiger charge is -2.31. The molecule has 0 aliphatic carbocycles. The van der Waals surface area contributed by atoms with E-state index in [1.54, 1.807) is 30.3 Å². The summed E-state index contributed by atoms with van der Waals surface area (Å²) in [4.78, 5) is 12.5. The molecule has 0 radical (unpaired) electrons. The number of halogens is 3. The number of alkyl halides is 3. The van der Waals surface area contributed by atoms with E-state index in [0.29, 0.717) is 5.56 Å². The Morgan fingerprint density at radius 1 is 1.09 bits per heavy atom. The van der Waals surface area contributed by atoms with Crippen molar-refractivity contribution in [3.63, 3.8) is 0 Å². The Morgan fingerprint density at radius 2 is 1.77 bits per heavy atom. The molecule has 2 aromatic rings. The number of aromatic nitrogens is 1. The highest BCUT2D eigenvalue weighted by Crippen LogP contribution is 2.44. The third-order valence-corrected chi connectivity index (χ3v) is 3.74. The quantitative estimate of drug-likeness (QED) is 0.653. The van der Waals surface area contributed by atoms with Crippen LogP contribution in [-0.4, -0.2) is 22.6 Å². The van der Waals surface area contributed by atoms with Gasteiger partial charge in [0.15, 0.2) is 5.41 Å². The summed E-state index contributed by atoms with van der Waals surface area (Å²) in [5, 5.41) is 10.9. The maximum atomic E-state index is 13.7. The number of H-pyrrole nitrogens is 1. The third kappa shape index (κ3) is 3.29. The first-order valence-corrected chi connectivity index (χ1v) is 6.71. The van der Waals surface area contributed by atoms with Crippen LogP contribution >= 0.6 is 0 Å². The van der Waals surface area contributed by atoms with Gasteiger partial charge in [0.2, 0.25) is 6.54 Å². The first-order valence-electron chi connectivity index (χ1n) is 6.71. The second-order valence-corrected chi connectivity index (χ2v) is 5.14. The lowest BCUT2D eigenvalue weighted by molar-refractivity contribution is -0.502. The normalized spacial score (nSPS) is 14.5. The molecular formula is C15H15F3N2O2. The van der Waals surface area contributed by atoms with Crippen LogP contribution in [0.2, 0.25) is 0 Å². The molecule has 1 heterocycles. The standard InChI is InChI=1S/C15H15F3N2O2/c16-15(17,18)14(11-20(21)22,13-7-4-10-19-13)9-8-12-5-2-1-3-6-12/h1-7,10,19H,8-9,11H2/t14-/m1/s1. The van der Waals surface area contributed by atoms with E-state index in [1.165, 1.54) is 18.3 Å². The molecule has 7 heteroatoms. The molecule has 4 nitrogen and oxygen atoms in total. The van der Waals surface area contributed by atoms with Gasteiger partial charge in [0.05, 0.1) is 0 Å². The molecule has 1 atom stereocenters. The van der Waals surface area contributed by atoms with Gasteiger partial charge in [-0.15, -0.1) is 0 Å². The molecule has 0 aliphatic rings. The summed E-state index contributed by atoms with van der Waals surface area (Å²) in [6, 6.07) is 11.3. The maximum Gasteiger partial charge on any atom is 0.406 e. The molecule has 0 bridgehead atoms. The number of nitrogens with one attached hydrogen (secondary N) is 1. The Labute approximate surface area is 125 Å². The molecule has 0 spiro atoms. The van der Waals surface area contributed by atoms with Gasteiger partial charge in [-0.3, -0.25) is 10.1 Å². The van der Waals surface area contributed by atoms with E-state index in [9.17, 15) is 23.3 Å². The Hall–Kier alpha value is -2.31. The van der Waals surface area contributed by atoms with Gasteiger partial charge < -0.3 is 4.98 Å². The summed E-state index contributed by atoms with van der Waals surface area (Å²) < 4.78 is 41.0. The van der Waals surface area contributed by atoms with Crippen LogP contribution in [0.4, 0.5) is 13.2 Å². The molecule has 0 saturated carbocycles. The molecule has 0 amide bonds. The molecule has 1 aromatic heterocycles. The minimum absolute atomic E-state index is 0.104. The molecule has 0 saturated heterocycles. The van der Waals surface area contributed by atoms with Crippen molar-refractivity contribution in [1.82, 2.24) is 4.98 Å². The lowest BCUT2D eigenvalue weighted by atomic mass is 9.78. The lowest BCUT2D eigenvalue weighted by Crippen LogP contribution is -2.48. The van der Waals surface area contributed by atoms with Crippen LogP contribution in [0.1, 0.15) is 17.7 Å². The molecule has 1 N–H and O–H groups in total. The van der Waals surface area contributed by atoms with Crippen LogP contribution in [0, 0.1) is 10.1 Å². The van der Waals surface area contributed by atoms with E-state index >= 15 is 0 Å². The largest absolute Gasteiger partial charge is 0.406 e. The van der Waals surface area contributed by atoms with Crippen molar-refractivity contribution in [2.24, 2.45) is 0 Å². The van der Waals surface area contributed by atoms with Crippen molar-refractivity contribution in [2.45, 2.75) is 24.4 Å². The van der Waals surface area contributed by atoms with E-state index in [4.69, 9.17) is 0 Å². The number of nitrogens with zero attached hydrogens (tertiary/aromatic N) is 1. The first kappa shape index (κ1) is 16.1. The molecule has 22 heavy (non-hydrogen) atoms. The van der Waals surface area contributed by atoms with Crippen LogP contribution < -0.4 is 0 Å². The highest BCUT2D eigenvalue weighted by atomic mass is 19.4. The van der Waals surface area contributed by atoms with Gasteiger partial charge in [-0.05, 0) is 30.5 Å². The number of aromatic amines is 1. The fourth-order valence-corrected chi connectivity index (χ4v) is 2.53. The molecule has 0 aliphatic heterocycles. The Kier molecular flexibility index (Phi) is 4.54. The number of hydrogen-bond acceptors (Lipinski definition) is 2. The summed E-state index contributed by atoms with van der Waals surface area (Å²) in [6.45, 7) is -1.19. The van der Waals surface area contributed by atoms with Crippen LogP contribution in [-0.2, 0) is 11.8 Å². The summed E-state index contributed by atoms with van der Waals surface area (Å²) in [5.41, 5.74) is -1.98. The summed E-state index contributed by atoms with van der Waals surface area (Å²) in [7, 11) is 0. The molecule has 1 aromatic carbocycles. The Bertz CT molecular complexity index is 611. The zero-order chi connectivity index (χ0) is 16.2. The summed E-state index contributed by atoms with van der Waals surface area (Å²) in [6.07, 6.45) is -3.66. The van der Waals surface area contributed by atoms with E-state index in [1.807, 2.05) is 0 Å². The molecule has 118 valence electrons. The van der Waals surface area contributed by atoms with Gasteiger partial charge in [0.1, 0.15) is 0 Å². The molecule has 0 fully saturated rings. The van der Waals surface area contributed by atoms with Crippen molar-refractivity contribution < 1.29 is 18.1 Å². The van der Waals surface area contributed by atoms with Gasteiger partial charge >= 0.3 is 6.18 Å². The highest BCUT2D eigenvalue weighted by molar-refractivity contribution is 5.23. The highest BCUT2D eigenvalue weighted by Gasteiger charge is 2.59. The first-order chi connectivity index (χ1) is 10.3. The fourth-order valence-electron chi connectivity index (χ4n) is 2.53. The second kappa shape index (κ2) is 6.21. The number of hydrogen-bond donors (Lipinski definition) is 1. The predicted molar refractivity (Wildman–Crippen MR) is 75.2 cm³/mol. The van der Waals surface area contributed by atoms with Crippen LogP contribution in [0.25, 0.3) is 0 Å². The molecular weight excluding hydrogens is 297 g/mol. The monoisotopic (exact) mass is 312 g/mol. The number of aryl methyl sites for hydroxylation is 1. The third-order valence-electron chi connectivity index (χ3n) is 3.74. The van der Waals surface area contributed by atoms with E-state index < -0.39 is 23.1 Å². The number of rotatable bonds is 6. The van der Waals surface area contributed by atoms with Gasteiger partial charge in [0.25, 0.3) is 0 Å². The SMILES string of the molecule is O=[N+]([O-])C[C@](CCc1ccccc1)(c1ccc[nH]1)C(F)(F)F. The van der Waals surface area contributed by atoms with Gasteiger partial charge in [-0.2, -0.15) is 13.2 Å². The van der Waals surface area contributed by atoms with Crippen LogP contribution in [0.15, 0.2) is 48.7 Å². The zero-order valence-corrected chi connectivity index (χ0v) is 11.6. The summed E-state index contributed by atoms with van der Waals surface area (Å²) in [5.74, 6) is 0. The van der Waals surface area contributed by atoms with Gasteiger partial charge in [0, 0.05) is 16.8 Å². The van der Waals surface area contributed by atoms with Crippen molar-refractivity contribution in [1.29, 1.82) is 0 Å². The second-order valence-electron chi connectivity index (χ2n) is 5.14. The van der Waals surface area contributed by atoms with Crippen molar-refractivity contribution >= 4 is 0 Å². The molecule has 2 rings (SSSR count). The topological polar surface area (TPSA) is 58.9 Å². The number of nitro groups is 1. The summed E-state index contributed by atoms with van der Waals surface area (Å²) >= 11 is 0. The minimum Gasteiger partial charge on any atom is -0.364 e. The molecule has 0 unspecified atom stereocenters. The van der Waals surface area contributed by atoms with Gasteiger partial charge in [-0.1, -0.05) is 30.3 Å². The fraction of sp³-hybridized carbons (Fsp3) is 0.333. The average Bonchev–Trinajstić information content (AvgIpc) is 2.97. The van der Waals surface area contributed by atoms with Crippen molar-refractivity contribution in [3.05, 3.63) is 70.0 Å². The zero-order valence-electron chi connectivity index (χ0n) is 11.6. The van der Waals surface area contributed by atoms with Crippen LogP contribution in [0.3, 0.4) is 0 Å². The van der Waals surface area contributed by atoms with Gasteiger partial charge in [-0.25, -0.2) is 0 Å². The van der Waals surface area contributed by atoms with E-state index in [-0.39, 0.29) is 18.5 Å². The Balaban J connectivity index is 2.37. The number of benzene rings is 1. The average molecular weight is 312 g/mol.